The Bertz CT molecular complexity index is 590. The Labute approximate surface area is 96.0 Å². The lowest BCUT2D eigenvalue weighted by molar-refractivity contribution is -0.383. The van der Waals surface area contributed by atoms with Crippen LogP contribution in [-0.4, -0.2) is 10.8 Å². The quantitative estimate of drug-likeness (QED) is 0.423. The van der Waals surface area contributed by atoms with Crippen LogP contribution in [0.25, 0.3) is 0 Å². The van der Waals surface area contributed by atoms with Crippen LogP contribution in [0.1, 0.15) is 12.5 Å². The molecule has 0 aliphatic carbocycles. The second kappa shape index (κ2) is 3.18. The molecule has 0 fully saturated rings. The Morgan fingerprint density at radius 2 is 2.24 bits per heavy atom. The molecule has 7 heteroatoms. The van der Waals surface area contributed by atoms with Gasteiger partial charge in [-0.05, 0) is 13.0 Å². The summed E-state index contributed by atoms with van der Waals surface area (Å²) < 4.78 is 0. The van der Waals surface area contributed by atoms with E-state index in [-0.39, 0.29) is 16.9 Å². The van der Waals surface area contributed by atoms with E-state index in [2.05, 4.69) is 5.32 Å². The van der Waals surface area contributed by atoms with E-state index in [0.29, 0.717) is 5.69 Å². The Balaban J connectivity index is 2.72. The third kappa shape index (κ3) is 1.31. The minimum Gasteiger partial charge on any atom is -0.393 e. The SMILES string of the molecule is CC1(C#N)C(=O)Nc2cc(N)c([N+](=O)[O-])cc21. The first-order valence-electron chi connectivity index (χ1n) is 4.71. The summed E-state index contributed by atoms with van der Waals surface area (Å²) in [6, 6.07) is 4.33. The number of nitrogen functional groups attached to an aromatic ring is 1. The molecule has 7 nitrogen and oxygen atoms in total. The number of nitrogens with two attached hydrogens (primary N) is 1. The van der Waals surface area contributed by atoms with Crippen molar-refractivity contribution in [3.05, 3.63) is 27.8 Å². The highest BCUT2D eigenvalue weighted by molar-refractivity contribution is 6.09. The molecule has 17 heavy (non-hydrogen) atoms. The number of nitro groups is 1. The lowest BCUT2D eigenvalue weighted by Crippen LogP contribution is -2.28. The van der Waals surface area contributed by atoms with E-state index in [1.807, 2.05) is 6.07 Å². The fourth-order valence-corrected chi connectivity index (χ4v) is 1.76. The molecule has 0 saturated heterocycles. The number of nitrogens with zero attached hydrogens (tertiary/aromatic N) is 2. The molecule has 0 saturated carbocycles. The second-order valence-electron chi connectivity index (χ2n) is 3.90. The van der Waals surface area contributed by atoms with Crippen molar-refractivity contribution in [2.24, 2.45) is 0 Å². The van der Waals surface area contributed by atoms with Crippen molar-refractivity contribution < 1.29 is 9.72 Å². The maximum atomic E-state index is 11.6. The highest BCUT2D eigenvalue weighted by Gasteiger charge is 2.44. The van der Waals surface area contributed by atoms with Gasteiger partial charge in [-0.25, -0.2) is 0 Å². The summed E-state index contributed by atoms with van der Waals surface area (Å²) >= 11 is 0. The van der Waals surface area contributed by atoms with Crippen molar-refractivity contribution in [1.82, 2.24) is 0 Å². The van der Waals surface area contributed by atoms with Crippen LogP contribution in [0.4, 0.5) is 17.1 Å². The van der Waals surface area contributed by atoms with Gasteiger partial charge >= 0.3 is 0 Å². The third-order valence-electron chi connectivity index (χ3n) is 2.83. The molecule has 0 radical (unpaired) electrons. The number of carbonyl (C=O) groups is 1. The summed E-state index contributed by atoms with van der Waals surface area (Å²) in [7, 11) is 0. The van der Waals surface area contributed by atoms with Crippen LogP contribution in [0.15, 0.2) is 12.1 Å². The molecule has 1 unspecified atom stereocenters. The molecule has 86 valence electrons. The number of amides is 1. The maximum Gasteiger partial charge on any atom is 0.292 e. The van der Waals surface area contributed by atoms with Crippen LogP contribution in [0, 0.1) is 21.4 Å². The van der Waals surface area contributed by atoms with Gasteiger partial charge in [-0.15, -0.1) is 0 Å². The lowest BCUT2D eigenvalue weighted by Gasteiger charge is -2.11. The van der Waals surface area contributed by atoms with Gasteiger partial charge in [0, 0.05) is 17.3 Å². The molecular weight excluding hydrogens is 224 g/mol. The van der Waals surface area contributed by atoms with Gasteiger partial charge in [0.25, 0.3) is 5.69 Å². The average Bonchev–Trinajstić information content (AvgIpc) is 2.50. The molecule has 0 spiro atoms. The zero-order valence-electron chi connectivity index (χ0n) is 8.85. The smallest absolute Gasteiger partial charge is 0.292 e. The molecule has 2 rings (SSSR count). The predicted octanol–water partition coefficient (Wildman–Crippen LogP) is 0.910. The molecule has 0 bridgehead atoms. The van der Waals surface area contributed by atoms with Crippen LogP contribution >= 0.6 is 0 Å². The number of rotatable bonds is 1. The van der Waals surface area contributed by atoms with Gasteiger partial charge in [0.05, 0.1) is 11.0 Å². The summed E-state index contributed by atoms with van der Waals surface area (Å²) in [5, 5.41) is 22.3. The highest BCUT2D eigenvalue weighted by Crippen LogP contribution is 2.41. The number of benzene rings is 1. The van der Waals surface area contributed by atoms with Crippen LogP contribution in [0.3, 0.4) is 0 Å². The zero-order valence-corrected chi connectivity index (χ0v) is 8.85. The number of carbonyl (C=O) groups excluding carboxylic acids is 1. The first kappa shape index (κ1) is 10.9. The van der Waals surface area contributed by atoms with Crippen LogP contribution in [-0.2, 0) is 10.2 Å². The number of fused-ring (bicyclic) bond motifs is 1. The van der Waals surface area contributed by atoms with Gasteiger partial charge in [0.15, 0.2) is 5.41 Å². The van der Waals surface area contributed by atoms with E-state index in [1.54, 1.807) is 0 Å². The molecule has 1 aromatic rings. The maximum absolute atomic E-state index is 11.6. The van der Waals surface area contributed by atoms with Crippen molar-refractivity contribution in [1.29, 1.82) is 5.26 Å². The molecule has 0 aromatic heterocycles. The predicted molar refractivity (Wildman–Crippen MR) is 59.1 cm³/mol. The molecule has 1 atom stereocenters. The van der Waals surface area contributed by atoms with E-state index in [4.69, 9.17) is 11.0 Å². The number of nitriles is 1. The first-order chi connectivity index (χ1) is 7.90. The minimum atomic E-state index is -1.41. The minimum absolute atomic E-state index is 0.0451. The van der Waals surface area contributed by atoms with Crippen molar-refractivity contribution in [2.45, 2.75) is 12.3 Å². The number of anilines is 2. The van der Waals surface area contributed by atoms with E-state index in [0.717, 1.165) is 0 Å². The number of nitrogens with one attached hydrogen (secondary N) is 1. The molecule has 1 aliphatic heterocycles. The van der Waals surface area contributed by atoms with E-state index in [9.17, 15) is 14.9 Å². The lowest BCUT2D eigenvalue weighted by atomic mass is 9.85. The normalized spacial score (nSPS) is 21.5. The monoisotopic (exact) mass is 232 g/mol. The highest BCUT2D eigenvalue weighted by atomic mass is 16.6. The molecule has 1 aromatic carbocycles. The van der Waals surface area contributed by atoms with E-state index < -0.39 is 16.2 Å². The Morgan fingerprint density at radius 3 is 2.76 bits per heavy atom. The summed E-state index contributed by atoms with van der Waals surface area (Å²) in [6.07, 6.45) is 0. The molecule has 3 N–H and O–H groups in total. The third-order valence-corrected chi connectivity index (χ3v) is 2.83. The molecule has 1 heterocycles. The standard InChI is InChI=1S/C10H8N4O3/c1-10(4-11)5-2-8(14(16)17)6(12)3-7(5)13-9(10)15/h2-3H,12H2,1H3,(H,13,15). The van der Waals surface area contributed by atoms with Gasteiger partial charge in [-0.3, -0.25) is 14.9 Å². The van der Waals surface area contributed by atoms with Crippen LogP contribution in [0.2, 0.25) is 0 Å². The van der Waals surface area contributed by atoms with E-state index in [1.165, 1.54) is 19.1 Å². The van der Waals surface area contributed by atoms with E-state index >= 15 is 0 Å². The summed E-state index contributed by atoms with van der Waals surface area (Å²) in [4.78, 5) is 21.7. The fraction of sp³-hybridized carbons (Fsp3) is 0.200. The van der Waals surface area contributed by atoms with Crippen molar-refractivity contribution in [2.75, 3.05) is 11.1 Å². The van der Waals surface area contributed by atoms with Crippen molar-refractivity contribution in [3.8, 4) is 6.07 Å². The second-order valence-corrected chi connectivity index (χ2v) is 3.90. The Morgan fingerprint density at radius 1 is 1.59 bits per heavy atom. The Kier molecular flexibility index (Phi) is 2.04. The molecular formula is C10H8N4O3. The summed E-state index contributed by atoms with van der Waals surface area (Å²) in [5.74, 6) is -0.505. The van der Waals surface area contributed by atoms with Gasteiger partial charge in [-0.1, -0.05) is 0 Å². The van der Waals surface area contributed by atoms with Crippen molar-refractivity contribution in [3.63, 3.8) is 0 Å². The van der Waals surface area contributed by atoms with Gasteiger partial charge in [-0.2, -0.15) is 5.26 Å². The summed E-state index contributed by atoms with van der Waals surface area (Å²) in [6.45, 7) is 1.41. The number of hydrogen-bond donors (Lipinski definition) is 2. The molecule has 1 amide bonds. The van der Waals surface area contributed by atoms with Crippen LogP contribution in [0.5, 0.6) is 0 Å². The largest absolute Gasteiger partial charge is 0.393 e. The van der Waals surface area contributed by atoms with Gasteiger partial charge in [0.1, 0.15) is 5.69 Å². The number of hydrogen-bond acceptors (Lipinski definition) is 5. The fourth-order valence-electron chi connectivity index (χ4n) is 1.76. The van der Waals surface area contributed by atoms with Gasteiger partial charge < -0.3 is 11.1 Å². The number of nitro benzene ring substituents is 1. The van der Waals surface area contributed by atoms with Gasteiger partial charge in [0.2, 0.25) is 5.91 Å². The zero-order chi connectivity index (χ0) is 12.8. The topological polar surface area (TPSA) is 122 Å². The first-order valence-corrected chi connectivity index (χ1v) is 4.71. The summed E-state index contributed by atoms with van der Waals surface area (Å²) in [5.41, 5.74) is 4.37. The van der Waals surface area contributed by atoms with Crippen molar-refractivity contribution >= 4 is 23.0 Å². The molecule has 1 aliphatic rings. The van der Waals surface area contributed by atoms with Crippen LogP contribution < -0.4 is 11.1 Å². The Hall–Kier alpha value is -2.62. The average molecular weight is 232 g/mol.